The molecule has 0 radical (unpaired) electrons. The van der Waals surface area contributed by atoms with Crippen LogP contribution in [0.1, 0.15) is 258 Å². The summed E-state index contributed by atoms with van der Waals surface area (Å²) in [5.74, 6) is -0.600. The number of esters is 2. The van der Waals surface area contributed by atoms with Gasteiger partial charge in [-0.1, -0.05) is 240 Å². The van der Waals surface area contributed by atoms with E-state index < -0.39 is 6.10 Å². The Labute approximate surface area is 396 Å². The molecule has 0 spiro atoms. The standard InChI is InChI=1S/C59H102O5/c1-3-5-7-9-11-13-15-17-19-21-23-24-25-26-27-28-29-30-31-32-33-34-36-38-40-42-44-46-48-50-52-54-59(62)64-57(55-60)56-63-58(61)53-51-49-47-45-43-41-39-37-35-22-20-18-16-14-12-10-8-6-4-2/h5,7,11-14,17-20,23-24,35,37,57,60H,3-4,6,8-10,15-16,21-22,25-34,36,38-56H2,1-2H3/b7-5-,13-11-,14-12-,19-17-,20-18-,24-23-,37-35-. The molecular weight excluding hydrogens is 789 g/mol. The van der Waals surface area contributed by atoms with Crippen LogP contribution in [0.5, 0.6) is 0 Å². The van der Waals surface area contributed by atoms with Crippen molar-refractivity contribution in [3.05, 3.63) is 85.1 Å². The van der Waals surface area contributed by atoms with Crippen molar-refractivity contribution in [1.29, 1.82) is 0 Å². The molecule has 0 saturated heterocycles. The third-order valence-corrected chi connectivity index (χ3v) is 11.7. The lowest BCUT2D eigenvalue weighted by molar-refractivity contribution is -0.161. The van der Waals surface area contributed by atoms with Crippen LogP contribution in [0.15, 0.2) is 85.1 Å². The van der Waals surface area contributed by atoms with Crippen LogP contribution in [0.4, 0.5) is 0 Å². The number of hydrogen-bond donors (Lipinski definition) is 1. The fourth-order valence-electron chi connectivity index (χ4n) is 7.61. The molecule has 0 aliphatic heterocycles. The number of aliphatic hydroxyl groups excluding tert-OH is 1. The second-order valence-electron chi connectivity index (χ2n) is 17.9. The number of carbonyl (C=O) groups excluding carboxylic acids is 2. The lowest BCUT2D eigenvalue weighted by Crippen LogP contribution is -2.28. The highest BCUT2D eigenvalue weighted by Crippen LogP contribution is 2.16. The molecule has 64 heavy (non-hydrogen) atoms. The molecule has 0 aromatic heterocycles. The fourth-order valence-corrected chi connectivity index (χ4v) is 7.61. The molecule has 0 heterocycles. The van der Waals surface area contributed by atoms with Gasteiger partial charge in [0.1, 0.15) is 6.61 Å². The van der Waals surface area contributed by atoms with Crippen LogP contribution in [0, 0.1) is 0 Å². The minimum Gasteiger partial charge on any atom is -0.462 e. The molecule has 5 heteroatoms. The summed E-state index contributed by atoms with van der Waals surface area (Å²) in [5, 5.41) is 9.64. The van der Waals surface area contributed by atoms with Gasteiger partial charge in [0.15, 0.2) is 6.10 Å². The van der Waals surface area contributed by atoms with Gasteiger partial charge in [-0.25, -0.2) is 0 Å². The third-order valence-electron chi connectivity index (χ3n) is 11.7. The maximum absolute atomic E-state index is 12.3. The van der Waals surface area contributed by atoms with Crippen molar-refractivity contribution < 1.29 is 24.2 Å². The molecule has 0 amide bonds. The quantitative estimate of drug-likeness (QED) is 0.0374. The predicted molar refractivity (Wildman–Crippen MR) is 279 cm³/mol. The largest absolute Gasteiger partial charge is 0.462 e. The van der Waals surface area contributed by atoms with Crippen LogP contribution >= 0.6 is 0 Å². The van der Waals surface area contributed by atoms with Crippen molar-refractivity contribution in [2.24, 2.45) is 0 Å². The van der Waals surface area contributed by atoms with Crippen molar-refractivity contribution in [3.63, 3.8) is 0 Å². The first-order chi connectivity index (χ1) is 31.6. The zero-order valence-corrected chi connectivity index (χ0v) is 42.0. The first-order valence-corrected chi connectivity index (χ1v) is 27.1. The van der Waals surface area contributed by atoms with E-state index in [9.17, 15) is 14.7 Å². The molecule has 1 atom stereocenters. The monoisotopic (exact) mass is 891 g/mol. The van der Waals surface area contributed by atoms with Gasteiger partial charge in [0, 0.05) is 12.8 Å². The molecule has 0 fully saturated rings. The molecule has 0 bridgehead atoms. The van der Waals surface area contributed by atoms with Crippen molar-refractivity contribution in [2.75, 3.05) is 13.2 Å². The van der Waals surface area contributed by atoms with E-state index in [1.54, 1.807) is 0 Å². The van der Waals surface area contributed by atoms with Gasteiger partial charge in [0.25, 0.3) is 0 Å². The molecule has 1 N–H and O–H groups in total. The fraction of sp³-hybridized carbons (Fsp3) is 0.729. The summed E-state index contributed by atoms with van der Waals surface area (Å²) in [7, 11) is 0. The molecule has 0 saturated carbocycles. The molecule has 1 unspecified atom stereocenters. The number of rotatable bonds is 49. The van der Waals surface area contributed by atoms with E-state index >= 15 is 0 Å². The van der Waals surface area contributed by atoms with E-state index in [1.165, 1.54) is 148 Å². The second kappa shape index (κ2) is 54.4. The maximum atomic E-state index is 12.3. The van der Waals surface area contributed by atoms with E-state index in [1.807, 2.05) is 0 Å². The number of carbonyl (C=O) groups is 2. The molecule has 0 aliphatic carbocycles. The number of allylic oxidation sites excluding steroid dienone is 14. The average Bonchev–Trinajstić information content (AvgIpc) is 3.30. The average molecular weight is 891 g/mol. The van der Waals surface area contributed by atoms with Gasteiger partial charge in [-0.05, 0) is 89.9 Å². The van der Waals surface area contributed by atoms with Crippen LogP contribution in [0.25, 0.3) is 0 Å². The normalized spacial score (nSPS) is 12.9. The predicted octanol–water partition coefficient (Wildman–Crippen LogP) is 18.2. The van der Waals surface area contributed by atoms with Gasteiger partial charge in [-0.2, -0.15) is 0 Å². The van der Waals surface area contributed by atoms with Crippen molar-refractivity contribution >= 4 is 11.9 Å². The lowest BCUT2D eigenvalue weighted by Gasteiger charge is -2.15. The highest BCUT2D eigenvalue weighted by molar-refractivity contribution is 5.70. The summed E-state index contributed by atoms with van der Waals surface area (Å²) in [6.45, 7) is 4.00. The minimum absolute atomic E-state index is 0.0739. The Balaban J connectivity index is 3.49. The van der Waals surface area contributed by atoms with E-state index in [0.29, 0.717) is 12.8 Å². The first-order valence-electron chi connectivity index (χ1n) is 27.1. The third kappa shape index (κ3) is 51.7. The highest BCUT2D eigenvalue weighted by Gasteiger charge is 2.16. The minimum atomic E-state index is -0.781. The Morgan fingerprint density at radius 3 is 1.02 bits per heavy atom. The maximum Gasteiger partial charge on any atom is 0.306 e. The summed E-state index contributed by atoms with van der Waals surface area (Å²) in [6, 6.07) is 0. The number of hydrogen-bond acceptors (Lipinski definition) is 5. The van der Waals surface area contributed by atoms with Gasteiger partial charge in [-0.3, -0.25) is 9.59 Å². The zero-order chi connectivity index (χ0) is 46.3. The molecule has 5 nitrogen and oxygen atoms in total. The smallest absolute Gasteiger partial charge is 0.306 e. The number of ether oxygens (including phenoxy) is 2. The number of unbranched alkanes of at least 4 members (excludes halogenated alkanes) is 27. The van der Waals surface area contributed by atoms with Crippen LogP contribution in [-0.4, -0.2) is 36.4 Å². The first kappa shape index (κ1) is 61.1. The Morgan fingerprint density at radius 2 is 0.672 bits per heavy atom. The Kier molecular flexibility index (Phi) is 51.9. The van der Waals surface area contributed by atoms with E-state index in [-0.39, 0.29) is 25.2 Å². The topological polar surface area (TPSA) is 72.8 Å². The Morgan fingerprint density at radius 1 is 0.375 bits per heavy atom. The summed E-state index contributed by atoms with van der Waals surface area (Å²) in [5.41, 5.74) is 0. The summed E-state index contributed by atoms with van der Waals surface area (Å²) < 4.78 is 10.7. The van der Waals surface area contributed by atoms with Crippen LogP contribution in [-0.2, 0) is 19.1 Å². The molecule has 0 rings (SSSR count). The van der Waals surface area contributed by atoms with Gasteiger partial charge in [0.2, 0.25) is 0 Å². The van der Waals surface area contributed by atoms with Crippen molar-refractivity contribution in [2.45, 2.75) is 264 Å². The molecular formula is C59H102O5. The molecule has 0 aliphatic rings. The molecule has 0 aromatic rings. The van der Waals surface area contributed by atoms with E-state index in [4.69, 9.17) is 9.47 Å². The van der Waals surface area contributed by atoms with Gasteiger partial charge >= 0.3 is 11.9 Å². The van der Waals surface area contributed by atoms with Crippen LogP contribution in [0.3, 0.4) is 0 Å². The molecule has 368 valence electrons. The van der Waals surface area contributed by atoms with Crippen LogP contribution < -0.4 is 0 Å². The Bertz CT molecular complexity index is 1190. The second-order valence-corrected chi connectivity index (χ2v) is 17.9. The van der Waals surface area contributed by atoms with E-state index in [0.717, 1.165) is 83.5 Å². The van der Waals surface area contributed by atoms with Crippen molar-refractivity contribution in [3.8, 4) is 0 Å². The summed E-state index contributed by atoms with van der Waals surface area (Å²) in [4.78, 5) is 24.5. The van der Waals surface area contributed by atoms with Gasteiger partial charge in [0.05, 0.1) is 6.61 Å². The van der Waals surface area contributed by atoms with Crippen molar-refractivity contribution in [1.82, 2.24) is 0 Å². The summed E-state index contributed by atoms with van der Waals surface area (Å²) >= 11 is 0. The van der Waals surface area contributed by atoms with E-state index in [2.05, 4.69) is 98.9 Å². The summed E-state index contributed by atoms with van der Waals surface area (Å²) in [6.07, 6.45) is 75.5. The number of aliphatic hydroxyl groups is 1. The Hall–Kier alpha value is -2.92. The lowest BCUT2D eigenvalue weighted by atomic mass is 10.0. The SMILES string of the molecule is CC/C=C\C/C=C\C/C=C\C/C=C\CCCCCCCCCCCCCCCCCCCCC(=O)OC(CO)COC(=O)CCCCCCCC/C=C\C/C=C\C/C=C\CCCCC. The zero-order valence-electron chi connectivity index (χ0n) is 42.0. The molecule has 0 aromatic carbocycles. The highest BCUT2D eigenvalue weighted by atomic mass is 16.6. The van der Waals surface area contributed by atoms with Gasteiger partial charge < -0.3 is 14.6 Å². The van der Waals surface area contributed by atoms with Crippen LogP contribution in [0.2, 0.25) is 0 Å². The van der Waals surface area contributed by atoms with Gasteiger partial charge in [-0.15, -0.1) is 0 Å².